The maximum absolute atomic E-state index is 13.1. The molecule has 0 aromatic heterocycles. The van der Waals surface area contributed by atoms with Crippen molar-refractivity contribution < 1.29 is 64.6 Å². The number of nitrogens with one attached hydrogen (secondary N) is 1. The second kappa shape index (κ2) is 48.6. The standard InChI is InChI=1S/C65H103NO13/c1-3-5-7-9-11-12-13-14-15-16-17-18-19-20-21-22-23-24-25-26-27-28-29-30-31-32-33-34-35-36-37-38-39-40-41-42-43-45-47-49-57(70)66-53(54(69)48-46-44-10-8-6-4-2)52-76-64-62(75)60(73)63(56(51-68)78-64)79-65-61(74)59(72)58(71)55(50-67)77-65/h5,7,11-12,14-15,17-18,20-21,23-24,26-27,29-30,32-33,35-36,38-39,46,48,53-56,58-65,67-69,71-75H,3-4,6,8-10,13,16,19,22,25,28,31,34,37,40-45,47,49-52H2,1-2H3,(H,66,70)/b7-5-,12-11-,15-14-,18-17-,21-20-,24-23-,27-26-,30-29-,33-32-,36-35-,39-38-,48-46+. The van der Waals surface area contributed by atoms with Crippen molar-refractivity contribution in [3.8, 4) is 0 Å². The minimum absolute atomic E-state index is 0.247. The molecule has 2 fully saturated rings. The molecular formula is C65H103NO13. The first-order chi connectivity index (χ1) is 38.6. The first kappa shape index (κ1) is 71.0. The largest absolute Gasteiger partial charge is 0.394 e. The second-order valence-corrected chi connectivity index (χ2v) is 20.0. The Morgan fingerprint density at radius 2 is 0.873 bits per heavy atom. The molecule has 12 unspecified atom stereocenters. The van der Waals surface area contributed by atoms with E-state index < -0.39 is 86.8 Å². The Morgan fingerprint density at radius 1 is 0.468 bits per heavy atom. The van der Waals surface area contributed by atoms with Crippen LogP contribution in [0, 0.1) is 0 Å². The Morgan fingerprint density at radius 3 is 1.34 bits per heavy atom. The molecule has 446 valence electrons. The molecule has 0 aliphatic carbocycles. The van der Waals surface area contributed by atoms with Gasteiger partial charge in [-0.3, -0.25) is 4.79 Å². The quantitative estimate of drug-likeness (QED) is 0.0205. The number of carbonyl (C=O) groups is 1. The van der Waals surface area contributed by atoms with Crippen LogP contribution >= 0.6 is 0 Å². The average molecular weight is 1110 g/mol. The lowest BCUT2D eigenvalue weighted by atomic mass is 9.97. The number of aliphatic hydroxyl groups excluding tert-OH is 8. The van der Waals surface area contributed by atoms with E-state index in [1.54, 1.807) is 6.08 Å². The zero-order valence-electron chi connectivity index (χ0n) is 47.8. The first-order valence-corrected chi connectivity index (χ1v) is 29.6. The van der Waals surface area contributed by atoms with Crippen molar-refractivity contribution in [1.29, 1.82) is 0 Å². The summed E-state index contributed by atoms with van der Waals surface area (Å²) in [6.45, 7) is 2.53. The van der Waals surface area contributed by atoms with Gasteiger partial charge in [0, 0.05) is 6.42 Å². The molecule has 79 heavy (non-hydrogen) atoms. The summed E-state index contributed by atoms with van der Waals surface area (Å²) in [5, 5.41) is 86.4. The van der Waals surface area contributed by atoms with Gasteiger partial charge in [0.15, 0.2) is 12.6 Å². The van der Waals surface area contributed by atoms with Crippen molar-refractivity contribution in [1.82, 2.24) is 5.32 Å². The van der Waals surface area contributed by atoms with Crippen molar-refractivity contribution in [3.63, 3.8) is 0 Å². The topological polar surface area (TPSA) is 228 Å². The molecular weight excluding hydrogens is 1000 g/mol. The number of unbranched alkanes of at least 4 members (excludes halogenated alkanes) is 9. The highest BCUT2D eigenvalue weighted by atomic mass is 16.7. The summed E-state index contributed by atoms with van der Waals surface area (Å²) in [5.74, 6) is -0.272. The highest BCUT2D eigenvalue weighted by Crippen LogP contribution is 2.30. The molecule has 14 heteroatoms. The first-order valence-electron chi connectivity index (χ1n) is 29.6. The fourth-order valence-corrected chi connectivity index (χ4v) is 8.53. The van der Waals surface area contributed by atoms with E-state index in [9.17, 15) is 45.6 Å². The summed E-state index contributed by atoms with van der Waals surface area (Å²) >= 11 is 0. The van der Waals surface area contributed by atoms with Gasteiger partial charge in [0.1, 0.15) is 48.8 Å². The van der Waals surface area contributed by atoms with Crippen LogP contribution < -0.4 is 5.32 Å². The number of ether oxygens (including phenoxy) is 4. The number of allylic oxidation sites excluding steroid dienone is 23. The van der Waals surface area contributed by atoms with Gasteiger partial charge in [-0.25, -0.2) is 0 Å². The van der Waals surface area contributed by atoms with Crippen LogP contribution in [0.25, 0.3) is 0 Å². The Labute approximate surface area is 474 Å². The monoisotopic (exact) mass is 1110 g/mol. The molecule has 0 spiro atoms. The fraction of sp³-hybridized carbons (Fsp3) is 0.615. The average Bonchev–Trinajstić information content (AvgIpc) is 3.47. The number of hydrogen-bond acceptors (Lipinski definition) is 13. The van der Waals surface area contributed by atoms with Crippen molar-refractivity contribution >= 4 is 5.91 Å². The van der Waals surface area contributed by atoms with E-state index in [1.807, 2.05) is 6.08 Å². The van der Waals surface area contributed by atoms with Crippen molar-refractivity contribution in [2.45, 2.75) is 235 Å². The second-order valence-electron chi connectivity index (χ2n) is 20.0. The fourth-order valence-electron chi connectivity index (χ4n) is 8.53. The number of carbonyl (C=O) groups excluding carboxylic acids is 1. The number of hydrogen-bond donors (Lipinski definition) is 9. The van der Waals surface area contributed by atoms with Gasteiger partial charge < -0.3 is 65.1 Å². The number of rotatable bonds is 44. The third-order valence-corrected chi connectivity index (χ3v) is 13.3. The smallest absolute Gasteiger partial charge is 0.220 e. The van der Waals surface area contributed by atoms with Crippen LogP contribution in [-0.2, 0) is 23.7 Å². The molecule has 0 aromatic rings. The summed E-state index contributed by atoms with van der Waals surface area (Å²) in [5.41, 5.74) is 0. The molecule has 0 saturated carbocycles. The van der Waals surface area contributed by atoms with Gasteiger partial charge >= 0.3 is 0 Å². The molecule has 1 amide bonds. The molecule has 14 nitrogen and oxygen atoms in total. The lowest BCUT2D eigenvalue weighted by molar-refractivity contribution is -0.359. The minimum Gasteiger partial charge on any atom is -0.394 e. The molecule has 2 aliphatic rings. The van der Waals surface area contributed by atoms with Gasteiger partial charge in [0.05, 0.1) is 32.0 Å². The molecule has 2 heterocycles. The minimum atomic E-state index is -1.80. The maximum atomic E-state index is 13.1. The van der Waals surface area contributed by atoms with Crippen LogP contribution in [0.1, 0.15) is 162 Å². The van der Waals surface area contributed by atoms with Crippen LogP contribution in [0.4, 0.5) is 0 Å². The third kappa shape index (κ3) is 34.0. The Bertz CT molecular complexity index is 1880. The zero-order chi connectivity index (χ0) is 57.4. The molecule has 0 bridgehead atoms. The number of aliphatic hydroxyl groups is 8. The highest BCUT2D eigenvalue weighted by Gasteiger charge is 2.51. The van der Waals surface area contributed by atoms with Crippen LogP contribution in [0.2, 0.25) is 0 Å². The predicted octanol–water partition coefficient (Wildman–Crippen LogP) is 10.2. The Hall–Kier alpha value is -4.13. The van der Waals surface area contributed by atoms with Gasteiger partial charge in [-0.2, -0.15) is 0 Å². The van der Waals surface area contributed by atoms with E-state index >= 15 is 0 Å². The SMILES string of the molecule is CC/C=C\C/C=C\C/C=C\C/C=C\C/C=C\C/C=C\C/C=C\C/C=C\C/C=C\C/C=C\C/C=C\CCCCCCCC(=O)NC(COC1OC(CO)C(OC2OC(CO)C(O)C(O)C2O)C(O)C1O)C(O)/C=C/CCCCCC. The van der Waals surface area contributed by atoms with Crippen LogP contribution in [0.3, 0.4) is 0 Å². The van der Waals surface area contributed by atoms with E-state index in [1.165, 1.54) is 0 Å². The van der Waals surface area contributed by atoms with Crippen molar-refractivity contribution in [2.24, 2.45) is 0 Å². The number of amides is 1. The van der Waals surface area contributed by atoms with E-state index in [0.29, 0.717) is 6.42 Å². The van der Waals surface area contributed by atoms with E-state index in [4.69, 9.17) is 18.9 Å². The molecule has 0 radical (unpaired) electrons. The lowest BCUT2D eigenvalue weighted by Gasteiger charge is -2.46. The molecule has 0 aromatic carbocycles. The lowest BCUT2D eigenvalue weighted by Crippen LogP contribution is -2.65. The Balaban J connectivity index is 1.59. The third-order valence-electron chi connectivity index (χ3n) is 13.3. The molecule has 2 aliphatic heterocycles. The van der Waals surface area contributed by atoms with Gasteiger partial charge in [-0.15, -0.1) is 0 Å². The van der Waals surface area contributed by atoms with Gasteiger partial charge in [-0.1, -0.05) is 198 Å². The maximum Gasteiger partial charge on any atom is 0.220 e. The summed E-state index contributed by atoms with van der Waals surface area (Å²) in [6.07, 6.45) is 56.7. The van der Waals surface area contributed by atoms with Gasteiger partial charge in [0.2, 0.25) is 5.91 Å². The van der Waals surface area contributed by atoms with E-state index in [0.717, 1.165) is 135 Å². The van der Waals surface area contributed by atoms with Crippen molar-refractivity contribution in [3.05, 3.63) is 146 Å². The molecule has 12 atom stereocenters. The van der Waals surface area contributed by atoms with Gasteiger partial charge in [-0.05, 0) is 103 Å². The molecule has 2 saturated heterocycles. The van der Waals surface area contributed by atoms with E-state index in [2.05, 4.69) is 153 Å². The summed E-state index contributed by atoms with van der Waals surface area (Å²) in [4.78, 5) is 13.1. The summed E-state index contributed by atoms with van der Waals surface area (Å²) < 4.78 is 22.6. The van der Waals surface area contributed by atoms with Crippen LogP contribution in [0.5, 0.6) is 0 Å². The zero-order valence-corrected chi connectivity index (χ0v) is 47.8. The van der Waals surface area contributed by atoms with Crippen LogP contribution in [0.15, 0.2) is 146 Å². The predicted molar refractivity (Wildman–Crippen MR) is 318 cm³/mol. The molecule has 2 rings (SSSR count). The molecule has 9 N–H and O–H groups in total. The van der Waals surface area contributed by atoms with Gasteiger partial charge in [0.25, 0.3) is 0 Å². The Kier molecular flexibility index (Phi) is 43.6. The van der Waals surface area contributed by atoms with E-state index in [-0.39, 0.29) is 18.9 Å². The highest BCUT2D eigenvalue weighted by molar-refractivity contribution is 5.76. The van der Waals surface area contributed by atoms with Crippen molar-refractivity contribution in [2.75, 3.05) is 19.8 Å². The summed E-state index contributed by atoms with van der Waals surface area (Å²) in [7, 11) is 0. The normalized spacial score (nSPS) is 25.5. The summed E-state index contributed by atoms with van der Waals surface area (Å²) in [6, 6.07) is -0.932. The van der Waals surface area contributed by atoms with Crippen LogP contribution in [-0.4, -0.2) is 140 Å².